The Morgan fingerprint density at radius 3 is 2.73 bits per heavy atom. The average molecular weight is 234 g/mol. The van der Waals surface area contributed by atoms with Gasteiger partial charge in [-0.2, -0.15) is 11.8 Å². The molecule has 15 heavy (non-hydrogen) atoms. The Bertz CT molecular complexity index is 198. The highest BCUT2D eigenvalue weighted by atomic mass is 32.2. The molecule has 0 aliphatic rings. The van der Waals surface area contributed by atoms with Crippen molar-refractivity contribution < 1.29 is 9.90 Å². The smallest absolute Gasteiger partial charge is 0.221 e. The second kappa shape index (κ2) is 7.09. The Morgan fingerprint density at radius 2 is 2.27 bits per heavy atom. The molecule has 0 aliphatic carbocycles. The zero-order chi connectivity index (χ0) is 11.9. The molecule has 0 fully saturated rings. The first-order valence-corrected chi connectivity index (χ1v) is 6.54. The van der Waals surface area contributed by atoms with Crippen LogP contribution in [-0.2, 0) is 4.79 Å². The molecule has 0 aliphatic heterocycles. The maximum atomic E-state index is 11.4. The van der Waals surface area contributed by atoms with E-state index in [1.807, 2.05) is 13.2 Å². The second-order valence-corrected chi connectivity index (χ2v) is 4.95. The molecular weight excluding hydrogens is 212 g/mol. The zero-order valence-electron chi connectivity index (χ0n) is 9.75. The van der Waals surface area contributed by atoms with Crippen LogP contribution in [0.2, 0.25) is 0 Å². The molecule has 90 valence electrons. The molecule has 2 atom stereocenters. The summed E-state index contributed by atoms with van der Waals surface area (Å²) in [5, 5.41) is 12.5. The normalized spacial score (nSPS) is 16.9. The molecule has 0 saturated heterocycles. The van der Waals surface area contributed by atoms with Crippen molar-refractivity contribution in [1.29, 1.82) is 0 Å². The first-order valence-electron chi connectivity index (χ1n) is 5.15. The van der Waals surface area contributed by atoms with Gasteiger partial charge in [0.2, 0.25) is 5.91 Å². The van der Waals surface area contributed by atoms with Crippen LogP contribution in [0, 0.1) is 0 Å². The predicted octanol–water partition coefficient (Wildman–Crippen LogP) is 0.344. The number of carbonyl (C=O) groups excluding carboxylic acids is 1. The van der Waals surface area contributed by atoms with Gasteiger partial charge in [-0.1, -0.05) is 6.92 Å². The molecule has 4 nitrogen and oxygen atoms in total. The van der Waals surface area contributed by atoms with Gasteiger partial charge in [0.05, 0.1) is 5.60 Å². The van der Waals surface area contributed by atoms with Crippen LogP contribution in [0.3, 0.4) is 0 Å². The van der Waals surface area contributed by atoms with Crippen molar-refractivity contribution in [2.75, 3.05) is 18.6 Å². The number of nitrogens with one attached hydrogen (secondary N) is 1. The highest BCUT2D eigenvalue weighted by Crippen LogP contribution is 2.09. The number of hydrogen-bond donors (Lipinski definition) is 3. The van der Waals surface area contributed by atoms with E-state index in [9.17, 15) is 9.90 Å². The Labute approximate surface area is 96.0 Å². The number of aliphatic hydroxyl groups is 1. The molecule has 0 aromatic carbocycles. The van der Waals surface area contributed by atoms with Crippen molar-refractivity contribution in [2.45, 2.75) is 38.3 Å². The monoisotopic (exact) mass is 234 g/mol. The van der Waals surface area contributed by atoms with Crippen molar-refractivity contribution in [3.63, 3.8) is 0 Å². The quantitative estimate of drug-likeness (QED) is 0.594. The van der Waals surface area contributed by atoms with Gasteiger partial charge in [0, 0.05) is 24.8 Å². The summed E-state index contributed by atoms with van der Waals surface area (Å²) in [6, 6.07) is -0.0875. The summed E-state index contributed by atoms with van der Waals surface area (Å²) in [6.45, 7) is 3.94. The minimum atomic E-state index is -0.842. The minimum absolute atomic E-state index is 0.0875. The molecule has 0 heterocycles. The number of hydrogen-bond acceptors (Lipinski definition) is 4. The van der Waals surface area contributed by atoms with Crippen molar-refractivity contribution in [3.05, 3.63) is 0 Å². The van der Waals surface area contributed by atoms with E-state index in [4.69, 9.17) is 5.73 Å². The van der Waals surface area contributed by atoms with Gasteiger partial charge in [0.15, 0.2) is 0 Å². The van der Waals surface area contributed by atoms with Crippen LogP contribution in [0.25, 0.3) is 0 Å². The number of thioether (sulfide) groups is 1. The van der Waals surface area contributed by atoms with Gasteiger partial charge in [-0.15, -0.1) is 0 Å². The molecule has 0 saturated carbocycles. The van der Waals surface area contributed by atoms with Gasteiger partial charge in [-0.25, -0.2) is 0 Å². The van der Waals surface area contributed by atoms with Gasteiger partial charge in [0.1, 0.15) is 0 Å². The van der Waals surface area contributed by atoms with E-state index < -0.39 is 5.60 Å². The Hall–Kier alpha value is -0.260. The third-order valence-electron chi connectivity index (χ3n) is 2.09. The van der Waals surface area contributed by atoms with E-state index in [-0.39, 0.29) is 18.5 Å². The van der Waals surface area contributed by atoms with Crippen molar-refractivity contribution in [1.82, 2.24) is 5.32 Å². The summed E-state index contributed by atoms with van der Waals surface area (Å²) in [6.07, 6.45) is 3.03. The van der Waals surface area contributed by atoms with Crippen molar-refractivity contribution >= 4 is 17.7 Å². The van der Waals surface area contributed by atoms with Crippen LogP contribution in [0.4, 0.5) is 0 Å². The molecule has 1 amide bonds. The van der Waals surface area contributed by atoms with Gasteiger partial charge < -0.3 is 16.2 Å². The molecule has 2 unspecified atom stereocenters. The highest BCUT2D eigenvalue weighted by molar-refractivity contribution is 7.98. The molecule has 0 spiro atoms. The van der Waals surface area contributed by atoms with Crippen LogP contribution in [-0.4, -0.2) is 41.2 Å². The van der Waals surface area contributed by atoms with Crippen LogP contribution < -0.4 is 11.1 Å². The molecule has 4 N–H and O–H groups in total. The lowest BCUT2D eigenvalue weighted by atomic mass is 10.1. The van der Waals surface area contributed by atoms with Crippen LogP contribution in [0.1, 0.15) is 26.7 Å². The first-order chi connectivity index (χ1) is 6.91. The van der Waals surface area contributed by atoms with Crippen LogP contribution >= 0.6 is 11.8 Å². The van der Waals surface area contributed by atoms with E-state index in [1.165, 1.54) is 0 Å². The fourth-order valence-corrected chi connectivity index (χ4v) is 1.83. The number of nitrogens with two attached hydrogens (primary N) is 1. The fourth-order valence-electron chi connectivity index (χ4n) is 1.11. The summed E-state index contributed by atoms with van der Waals surface area (Å²) in [7, 11) is 0. The Balaban J connectivity index is 3.79. The average Bonchev–Trinajstić information content (AvgIpc) is 2.15. The number of amides is 1. The van der Waals surface area contributed by atoms with Gasteiger partial charge in [0.25, 0.3) is 0 Å². The summed E-state index contributed by atoms with van der Waals surface area (Å²) in [5.41, 5.74) is 4.80. The lowest BCUT2D eigenvalue weighted by Gasteiger charge is -2.22. The zero-order valence-corrected chi connectivity index (χ0v) is 10.6. The van der Waals surface area contributed by atoms with Crippen molar-refractivity contribution in [2.24, 2.45) is 5.73 Å². The molecule has 0 bridgehead atoms. The van der Waals surface area contributed by atoms with Crippen LogP contribution in [0.5, 0.6) is 0 Å². The van der Waals surface area contributed by atoms with E-state index in [1.54, 1.807) is 18.7 Å². The molecule has 5 heteroatoms. The summed E-state index contributed by atoms with van der Waals surface area (Å²) >= 11 is 1.55. The highest BCUT2D eigenvalue weighted by Gasteiger charge is 2.20. The number of rotatable bonds is 7. The Kier molecular flexibility index (Phi) is 6.96. The van der Waals surface area contributed by atoms with Gasteiger partial charge >= 0.3 is 0 Å². The van der Waals surface area contributed by atoms with Crippen LogP contribution in [0.15, 0.2) is 0 Å². The minimum Gasteiger partial charge on any atom is -0.387 e. The fraction of sp³-hybridized carbons (Fsp3) is 0.900. The van der Waals surface area contributed by atoms with E-state index in [0.717, 1.165) is 6.42 Å². The Morgan fingerprint density at radius 1 is 1.67 bits per heavy atom. The molecule has 0 aromatic rings. The first kappa shape index (κ1) is 14.7. The summed E-state index contributed by atoms with van der Waals surface area (Å²) in [5.74, 6) is 0.512. The SMILES string of the molecule is CCC(N)CC(=O)NCC(C)(O)CSC. The molecule has 0 radical (unpaired) electrons. The van der Waals surface area contributed by atoms with Crippen molar-refractivity contribution in [3.8, 4) is 0 Å². The standard InChI is InChI=1S/C10H22N2O2S/c1-4-8(11)5-9(13)12-6-10(2,14)7-15-3/h8,14H,4-7,11H2,1-3H3,(H,12,13). The van der Waals surface area contributed by atoms with Gasteiger partial charge in [-0.3, -0.25) is 4.79 Å². The lowest BCUT2D eigenvalue weighted by Crippen LogP contribution is -2.43. The summed E-state index contributed by atoms with van der Waals surface area (Å²) in [4.78, 5) is 11.4. The molecule has 0 rings (SSSR count). The summed E-state index contributed by atoms with van der Waals surface area (Å²) < 4.78 is 0. The van der Waals surface area contributed by atoms with E-state index in [2.05, 4.69) is 5.32 Å². The topological polar surface area (TPSA) is 75.4 Å². The third kappa shape index (κ3) is 7.64. The molecule has 0 aromatic heterocycles. The predicted molar refractivity (Wildman–Crippen MR) is 64.9 cm³/mol. The molecular formula is C10H22N2O2S. The second-order valence-electron chi connectivity index (χ2n) is 4.08. The maximum Gasteiger partial charge on any atom is 0.221 e. The lowest BCUT2D eigenvalue weighted by molar-refractivity contribution is -0.122. The number of carbonyl (C=O) groups is 1. The maximum absolute atomic E-state index is 11.4. The van der Waals surface area contributed by atoms with E-state index >= 15 is 0 Å². The van der Waals surface area contributed by atoms with E-state index in [0.29, 0.717) is 12.2 Å². The third-order valence-corrected chi connectivity index (χ3v) is 3.00. The largest absolute Gasteiger partial charge is 0.387 e. The van der Waals surface area contributed by atoms with Gasteiger partial charge in [-0.05, 0) is 19.6 Å².